The molecule has 3 heteroatoms. The molecule has 0 radical (unpaired) electrons. The van der Waals surface area contributed by atoms with E-state index < -0.39 is 0 Å². The van der Waals surface area contributed by atoms with Crippen molar-refractivity contribution in [2.45, 2.75) is 13.0 Å². The van der Waals surface area contributed by atoms with E-state index in [1.807, 2.05) is 25.1 Å². The summed E-state index contributed by atoms with van der Waals surface area (Å²) >= 11 is 0. The number of aliphatic hydroxyl groups excluding tert-OH is 1. The lowest BCUT2D eigenvalue weighted by Gasteiger charge is -2.35. The number of hydrogen-bond acceptors (Lipinski definition) is 2. The molecule has 1 saturated heterocycles. The van der Waals surface area contributed by atoms with E-state index in [0.717, 1.165) is 5.56 Å². The SMILES string of the molecule is Cc1cccc(C(=O)N2CC(O)C2)c1. The van der Waals surface area contributed by atoms with Crippen molar-refractivity contribution < 1.29 is 9.90 Å². The minimum absolute atomic E-state index is 0.0130. The lowest BCUT2D eigenvalue weighted by molar-refractivity contribution is 0.00589. The molecule has 74 valence electrons. The van der Waals surface area contributed by atoms with E-state index in [2.05, 4.69) is 0 Å². The van der Waals surface area contributed by atoms with E-state index in [9.17, 15) is 4.79 Å². The summed E-state index contributed by atoms with van der Waals surface area (Å²) < 4.78 is 0. The summed E-state index contributed by atoms with van der Waals surface area (Å²) in [6.45, 7) is 2.89. The number of amides is 1. The van der Waals surface area contributed by atoms with Crippen molar-refractivity contribution in [1.82, 2.24) is 4.90 Å². The van der Waals surface area contributed by atoms with Crippen LogP contribution >= 0.6 is 0 Å². The Morgan fingerprint density at radius 1 is 1.50 bits per heavy atom. The van der Waals surface area contributed by atoms with Crippen LogP contribution in [0, 0.1) is 6.92 Å². The van der Waals surface area contributed by atoms with E-state index in [-0.39, 0.29) is 12.0 Å². The Labute approximate surface area is 83.0 Å². The Bertz CT molecular complexity index is 356. The van der Waals surface area contributed by atoms with E-state index in [0.29, 0.717) is 18.7 Å². The molecule has 1 aliphatic rings. The van der Waals surface area contributed by atoms with Gasteiger partial charge in [0.1, 0.15) is 0 Å². The molecule has 0 aliphatic carbocycles. The van der Waals surface area contributed by atoms with Crippen molar-refractivity contribution in [3.63, 3.8) is 0 Å². The predicted octanol–water partition coefficient (Wildman–Crippen LogP) is 0.812. The van der Waals surface area contributed by atoms with Gasteiger partial charge in [-0.3, -0.25) is 4.79 Å². The molecule has 1 heterocycles. The summed E-state index contributed by atoms with van der Waals surface area (Å²) in [6, 6.07) is 7.51. The standard InChI is InChI=1S/C11H13NO2/c1-8-3-2-4-9(5-8)11(14)12-6-10(13)7-12/h2-5,10,13H,6-7H2,1H3. The number of aryl methyl sites for hydroxylation is 1. The van der Waals surface area contributed by atoms with Crippen LogP contribution in [0.1, 0.15) is 15.9 Å². The van der Waals surface area contributed by atoms with Crippen LogP contribution < -0.4 is 0 Å². The minimum Gasteiger partial charge on any atom is -0.389 e. The lowest BCUT2D eigenvalue weighted by atomic mass is 10.1. The molecule has 3 nitrogen and oxygen atoms in total. The minimum atomic E-state index is -0.330. The molecule has 0 aromatic heterocycles. The maximum atomic E-state index is 11.7. The number of aliphatic hydroxyl groups is 1. The predicted molar refractivity (Wildman–Crippen MR) is 53.1 cm³/mol. The molecule has 0 spiro atoms. The van der Waals surface area contributed by atoms with Crippen LogP contribution in [0.25, 0.3) is 0 Å². The molecule has 1 aromatic rings. The molecule has 0 saturated carbocycles. The molecular formula is C11H13NO2. The highest BCUT2D eigenvalue weighted by Gasteiger charge is 2.29. The highest BCUT2D eigenvalue weighted by molar-refractivity contribution is 5.94. The molecule has 0 unspecified atom stereocenters. The number of β-amino-alcohol motifs (C(OH)–C–C–N with tert-alkyl or cyclic N) is 1. The van der Waals surface area contributed by atoms with Crippen LogP contribution in [-0.4, -0.2) is 35.1 Å². The Kier molecular flexibility index (Phi) is 2.25. The average Bonchev–Trinajstić information content (AvgIpc) is 2.12. The first-order valence-electron chi connectivity index (χ1n) is 4.71. The van der Waals surface area contributed by atoms with Crippen molar-refractivity contribution in [3.8, 4) is 0 Å². The molecule has 1 fully saturated rings. The maximum Gasteiger partial charge on any atom is 0.254 e. The van der Waals surface area contributed by atoms with Crippen LogP contribution in [0.3, 0.4) is 0 Å². The maximum absolute atomic E-state index is 11.7. The number of likely N-dealkylation sites (tertiary alicyclic amines) is 1. The molecule has 14 heavy (non-hydrogen) atoms. The molecule has 0 bridgehead atoms. The van der Waals surface area contributed by atoms with Crippen LogP contribution in [0.15, 0.2) is 24.3 Å². The van der Waals surface area contributed by atoms with Gasteiger partial charge in [-0.2, -0.15) is 0 Å². The normalized spacial score (nSPS) is 16.6. The highest BCUT2D eigenvalue weighted by Crippen LogP contribution is 2.13. The van der Waals surface area contributed by atoms with Crippen LogP contribution in [-0.2, 0) is 0 Å². The fourth-order valence-corrected chi connectivity index (χ4v) is 1.58. The first kappa shape index (κ1) is 9.21. The fourth-order valence-electron chi connectivity index (χ4n) is 1.58. The third-order valence-electron chi connectivity index (χ3n) is 2.41. The van der Waals surface area contributed by atoms with Crippen molar-refractivity contribution in [2.24, 2.45) is 0 Å². The molecule has 2 rings (SSSR count). The van der Waals surface area contributed by atoms with Gasteiger partial charge in [0.05, 0.1) is 6.10 Å². The lowest BCUT2D eigenvalue weighted by Crippen LogP contribution is -2.53. The largest absolute Gasteiger partial charge is 0.389 e. The fraction of sp³-hybridized carbons (Fsp3) is 0.364. The first-order chi connectivity index (χ1) is 6.66. The van der Waals surface area contributed by atoms with Crippen LogP contribution in [0.2, 0.25) is 0 Å². The number of carbonyl (C=O) groups is 1. The van der Waals surface area contributed by atoms with Crippen molar-refractivity contribution >= 4 is 5.91 Å². The first-order valence-corrected chi connectivity index (χ1v) is 4.71. The number of rotatable bonds is 1. The van der Waals surface area contributed by atoms with Gasteiger partial charge in [0.25, 0.3) is 5.91 Å². The summed E-state index contributed by atoms with van der Waals surface area (Å²) in [4.78, 5) is 13.4. The van der Waals surface area contributed by atoms with Gasteiger partial charge in [0, 0.05) is 18.7 Å². The highest BCUT2D eigenvalue weighted by atomic mass is 16.3. The Morgan fingerprint density at radius 2 is 2.21 bits per heavy atom. The summed E-state index contributed by atoms with van der Waals surface area (Å²) in [5.74, 6) is 0.0130. The van der Waals surface area contributed by atoms with Gasteiger partial charge in [-0.15, -0.1) is 0 Å². The smallest absolute Gasteiger partial charge is 0.254 e. The van der Waals surface area contributed by atoms with Gasteiger partial charge in [-0.1, -0.05) is 17.7 Å². The Morgan fingerprint density at radius 3 is 2.79 bits per heavy atom. The topological polar surface area (TPSA) is 40.5 Å². The summed E-state index contributed by atoms with van der Waals surface area (Å²) in [7, 11) is 0. The second-order valence-corrected chi connectivity index (χ2v) is 3.73. The van der Waals surface area contributed by atoms with E-state index in [4.69, 9.17) is 5.11 Å². The van der Waals surface area contributed by atoms with Gasteiger partial charge in [-0.05, 0) is 19.1 Å². The van der Waals surface area contributed by atoms with E-state index in [1.54, 1.807) is 11.0 Å². The molecule has 0 atom stereocenters. The molecule has 1 N–H and O–H groups in total. The third-order valence-corrected chi connectivity index (χ3v) is 2.41. The number of carbonyl (C=O) groups excluding carboxylic acids is 1. The number of benzene rings is 1. The number of hydrogen-bond donors (Lipinski definition) is 1. The summed E-state index contributed by atoms with van der Waals surface area (Å²) in [6.07, 6.45) is -0.330. The second kappa shape index (κ2) is 3.42. The van der Waals surface area contributed by atoms with Gasteiger partial charge in [0.15, 0.2) is 0 Å². The summed E-state index contributed by atoms with van der Waals surface area (Å²) in [5, 5.41) is 9.07. The zero-order valence-electron chi connectivity index (χ0n) is 8.10. The van der Waals surface area contributed by atoms with E-state index >= 15 is 0 Å². The molecule has 1 amide bonds. The average molecular weight is 191 g/mol. The van der Waals surface area contributed by atoms with Crippen molar-refractivity contribution in [1.29, 1.82) is 0 Å². The van der Waals surface area contributed by atoms with Crippen LogP contribution in [0.4, 0.5) is 0 Å². The van der Waals surface area contributed by atoms with Crippen LogP contribution in [0.5, 0.6) is 0 Å². The van der Waals surface area contributed by atoms with E-state index in [1.165, 1.54) is 0 Å². The Hall–Kier alpha value is -1.35. The zero-order valence-corrected chi connectivity index (χ0v) is 8.10. The molecule has 1 aromatic carbocycles. The van der Waals surface area contributed by atoms with Gasteiger partial charge >= 0.3 is 0 Å². The van der Waals surface area contributed by atoms with Crippen molar-refractivity contribution in [3.05, 3.63) is 35.4 Å². The van der Waals surface area contributed by atoms with Crippen molar-refractivity contribution in [2.75, 3.05) is 13.1 Å². The van der Waals surface area contributed by atoms with Gasteiger partial charge in [0.2, 0.25) is 0 Å². The quantitative estimate of drug-likeness (QED) is 0.713. The second-order valence-electron chi connectivity index (χ2n) is 3.73. The monoisotopic (exact) mass is 191 g/mol. The summed E-state index contributed by atoms with van der Waals surface area (Å²) in [5.41, 5.74) is 1.79. The van der Waals surface area contributed by atoms with Gasteiger partial charge in [-0.25, -0.2) is 0 Å². The third kappa shape index (κ3) is 1.63. The number of nitrogens with zero attached hydrogens (tertiary/aromatic N) is 1. The molecule has 1 aliphatic heterocycles. The Balaban J connectivity index is 2.12. The zero-order chi connectivity index (χ0) is 10.1. The van der Waals surface area contributed by atoms with Gasteiger partial charge < -0.3 is 10.0 Å². The molecular weight excluding hydrogens is 178 g/mol.